The molecule has 0 amide bonds. The maximum absolute atomic E-state index is 10.8. The summed E-state index contributed by atoms with van der Waals surface area (Å²) in [6.07, 6.45) is 0. The lowest BCUT2D eigenvalue weighted by atomic mass is 10.1. The van der Waals surface area contributed by atoms with Gasteiger partial charge in [-0.15, -0.1) is 0 Å². The molecule has 0 bridgehead atoms. The van der Waals surface area contributed by atoms with Gasteiger partial charge in [0.25, 0.3) is 5.69 Å². The molecule has 2 aromatic rings. The molecule has 0 saturated heterocycles. The third kappa shape index (κ3) is 3.36. The molecule has 1 unspecified atom stereocenters. The third-order valence-corrected chi connectivity index (χ3v) is 3.99. The molecule has 0 aliphatic heterocycles. The second kappa shape index (κ2) is 6.05. The molecule has 0 fully saturated rings. The van der Waals surface area contributed by atoms with Gasteiger partial charge in [-0.2, -0.15) is 0 Å². The van der Waals surface area contributed by atoms with E-state index in [9.17, 15) is 10.1 Å². The summed E-state index contributed by atoms with van der Waals surface area (Å²) in [5, 5.41) is 14.1. The van der Waals surface area contributed by atoms with E-state index in [1.54, 1.807) is 12.1 Å². The molecule has 104 valence electrons. The van der Waals surface area contributed by atoms with Crippen LogP contribution in [0.15, 0.2) is 46.9 Å². The fourth-order valence-electron chi connectivity index (χ4n) is 1.92. The van der Waals surface area contributed by atoms with Crippen molar-refractivity contribution in [3.05, 3.63) is 68.2 Å². The molecule has 0 aliphatic carbocycles. The van der Waals surface area contributed by atoms with Crippen molar-refractivity contribution in [1.29, 1.82) is 0 Å². The van der Waals surface area contributed by atoms with Gasteiger partial charge >= 0.3 is 0 Å². The molecule has 0 aromatic heterocycles. The molecule has 1 atom stereocenters. The number of nitro groups is 1. The number of hydrogen-bond acceptors (Lipinski definition) is 3. The van der Waals surface area contributed by atoms with Crippen LogP contribution in [0.4, 0.5) is 11.4 Å². The zero-order valence-electron chi connectivity index (χ0n) is 11.3. The van der Waals surface area contributed by atoms with Crippen molar-refractivity contribution in [2.45, 2.75) is 19.9 Å². The molecule has 4 nitrogen and oxygen atoms in total. The van der Waals surface area contributed by atoms with Crippen LogP contribution in [0.2, 0.25) is 0 Å². The van der Waals surface area contributed by atoms with Crippen molar-refractivity contribution in [2.75, 3.05) is 5.32 Å². The summed E-state index contributed by atoms with van der Waals surface area (Å²) in [6, 6.07) is 12.7. The maximum atomic E-state index is 10.8. The van der Waals surface area contributed by atoms with Crippen LogP contribution in [0.3, 0.4) is 0 Å². The standard InChI is InChI=1S/C15H15BrN2O2/c1-10-6-7-13(9-15(10)16)17-11(2)12-4-3-5-14(8-12)18(19)20/h3-9,11,17H,1-2H3. The van der Waals surface area contributed by atoms with Gasteiger partial charge in [-0.3, -0.25) is 10.1 Å². The molecule has 2 aromatic carbocycles. The Labute approximate surface area is 126 Å². The Hall–Kier alpha value is -1.88. The molecule has 1 N–H and O–H groups in total. The van der Waals surface area contributed by atoms with Crippen LogP contribution >= 0.6 is 15.9 Å². The van der Waals surface area contributed by atoms with Crippen LogP contribution in [-0.2, 0) is 0 Å². The maximum Gasteiger partial charge on any atom is 0.269 e. The van der Waals surface area contributed by atoms with Crippen LogP contribution in [0, 0.1) is 17.0 Å². The van der Waals surface area contributed by atoms with E-state index < -0.39 is 0 Å². The second-order valence-corrected chi connectivity index (χ2v) is 5.54. The smallest absolute Gasteiger partial charge is 0.269 e. The highest BCUT2D eigenvalue weighted by atomic mass is 79.9. The first-order valence-electron chi connectivity index (χ1n) is 6.24. The quantitative estimate of drug-likeness (QED) is 0.642. The second-order valence-electron chi connectivity index (χ2n) is 4.68. The summed E-state index contributed by atoms with van der Waals surface area (Å²) in [4.78, 5) is 10.4. The zero-order chi connectivity index (χ0) is 14.7. The van der Waals surface area contributed by atoms with Gasteiger partial charge in [0.1, 0.15) is 0 Å². The summed E-state index contributed by atoms with van der Waals surface area (Å²) in [5.41, 5.74) is 3.14. The highest BCUT2D eigenvalue weighted by Gasteiger charge is 2.11. The average Bonchev–Trinajstić information content (AvgIpc) is 2.43. The summed E-state index contributed by atoms with van der Waals surface area (Å²) < 4.78 is 1.04. The Bertz CT molecular complexity index is 644. The Morgan fingerprint density at radius 2 is 2.00 bits per heavy atom. The minimum atomic E-state index is -0.376. The highest BCUT2D eigenvalue weighted by molar-refractivity contribution is 9.10. The fraction of sp³-hybridized carbons (Fsp3) is 0.200. The van der Waals surface area contributed by atoms with E-state index in [1.807, 2.05) is 38.1 Å². The van der Waals surface area contributed by atoms with Crippen LogP contribution in [0.5, 0.6) is 0 Å². The largest absolute Gasteiger partial charge is 0.378 e. The van der Waals surface area contributed by atoms with E-state index in [2.05, 4.69) is 21.2 Å². The molecule has 0 saturated carbocycles. The van der Waals surface area contributed by atoms with Gasteiger partial charge in [-0.25, -0.2) is 0 Å². The van der Waals surface area contributed by atoms with Gasteiger partial charge in [0, 0.05) is 28.3 Å². The Morgan fingerprint density at radius 1 is 1.25 bits per heavy atom. The number of benzene rings is 2. The molecule has 0 aliphatic rings. The van der Waals surface area contributed by atoms with E-state index in [4.69, 9.17) is 0 Å². The van der Waals surface area contributed by atoms with Crippen molar-refractivity contribution in [3.63, 3.8) is 0 Å². The number of nitro benzene ring substituents is 1. The topological polar surface area (TPSA) is 55.2 Å². The summed E-state index contributed by atoms with van der Waals surface area (Å²) in [6.45, 7) is 4.00. The van der Waals surface area contributed by atoms with Crippen molar-refractivity contribution in [2.24, 2.45) is 0 Å². The van der Waals surface area contributed by atoms with Crippen LogP contribution in [0.25, 0.3) is 0 Å². The first-order chi connectivity index (χ1) is 9.47. The number of non-ortho nitro benzene ring substituents is 1. The molecule has 2 rings (SSSR count). The summed E-state index contributed by atoms with van der Waals surface area (Å²) in [5.74, 6) is 0. The summed E-state index contributed by atoms with van der Waals surface area (Å²) >= 11 is 3.49. The first-order valence-corrected chi connectivity index (χ1v) is 7.03. The molecular weight excluding hydrogens is 320 g/mol. The van der Waals surface area contributed by atoms with Crippen molar-refractivity contribution in [3.8, 4) is 0 Å². The lowest BCUT2D eigenvalue weighted by molar-refractivity contribution is -0.384. The van der Waals surface area contributed by atoms with E-state index in [0.29, 0.717) is 0 Å². The number of nitrogens with zero attached hydrogens (tertiary/aromatic N) is 1. The number of halogens is 1. The molecule has 20 heavy (non-hydrogen) atoms. The SMILES string of the molecule is Cc1ccc(NC(C)c2cccc([N+](=O)[O-])c2)cc1Br. The minimum Gasteiger partial charge on any atom is -0.378 e. The molecule has 0 radical (unpaired) electrons. The van der Waals surface area contributed by atoms with Gasteiger partial charge in [0.2, 0.25) is 0 Å². The molecule has 0 spiro atoms. The van der Waals surface area contributed by atoms with Crippen LogP contribution < -0.4 is 5.32 Å². The molecular formula is C15H15BrN2O2. The Morgan fingerprint density at radius 3 is 2.65 bits per heavy atom. The van der Waals surface area contributed by atoms with Crippen LogP contribution in [-0.4, -0.2) is 4.92 Å². The Balaban J connectivity index is 2.19. The minimum absolute atomic E-state index is 0.00972. The van der Waals surface area contributed by atoms with Gasteiger partial charge in [0.05, 0.1) is 4.92 Å². The highest BCUT2D eigenvalue weighted by Crippen LogP contribution is 2.25. The molecule has 0 heterocycles. The number of hydrogen-bond donors (Lipinski definition) is 1. The van der Waals surface area contributed by atoms with E-state index in [-0.39, 0.29) is 16.7 Å². The zero-order valence-corrected chi connectivity index (χ0v) is 12.8. The van der Waals surface area contributed by atoms with Gasteiger partial charge in [-0.05, 0) is 37.1 Å². The van der Waals surface area contributed by atoms with Crippen molar-refractivity contribution in [1.82, 2.24) is 0 Å². The first kappa shape index (κ1) is 14.5. The number of anilines is 1. The third-order valence-electron chi connectivity index (χ3n) is 3.14. The normalized spacial score (nSPS) is 11.9. The summed E-state index contributed by atoms with van der Waals surface area (Å²) in [7, 11) is 0. The van der Waals surface area contributed by atoms with Gasteiger partial charge < -0.3 is 5.32 Å². The van der Waals surface area contributed by atoms with Crippen molar-refractivity contribution < 1.29 is 4.92 Å². The number of rotatable bonds is 4. The number of aryl methyl sites for hydroxylation is 1. The fourth-order valence-corrected chi connectivity index (χ4v) is 2.30. The molecule has 5 heteroatoms. The lowest BCUT2D eigenvalue weighted by Crippen LogP contribution is -2.07. The van der Waals surface area contributed by atoms with Gasteiger partial charge in [-0.1, -0.05) is 34.1 Å². The van der Waals surface area contributed by atoms with E-state index in [1.165, 1.54) is 11.6 Å². The van der Waals surface area contributed by atoms with Crippen molar-refractivity contribution >= 4 is 27.3 Å². The predicted octanol–water partition coefficient (Wildman–Crippen LogP) is 4.84. The van der Waals surface area contributed by atoms with E-state index >= 15 is 0 Å². The monoisotopic (exact) mass is 334 g/mol. The Kier molecular flexibility index (Phi) is 4.39. The van der Waals surface area contributed by atoms with Crippen LogP contribution in [0.1, 0.15) is 24.1 Å². The van der Waals surface area contributed by atoms with Gasteiger partial charge in [0.15, 0.2) is 0 Å². The number of nitrogens with one attached hydrogen (secondary N) is 1. The average molecular weight is 335 g/mol. The predicted molar refractivity (Wildman–Crippen MR) is 84.0 cm³/mol. The van der Waals surface area contributed by atoms with E-state index in [0.717, 1.165) is 15.7 Å². The lowest BCUT2D eigenvalue weighted by Gasteiger charge is -2.16.